The molecule has 7 nitrogen and oxygen atoms in total. The van der Waals surface area contributed by atoms with E-state index in [2.05, 4.69) is 21.9 Å². The van der Waals surface area contributed by atoms with Crippen LogP contribution < -0.4 is 19.7 Å². The van der Waals surface area contributed by atoms with Gasteiger partial charge >= 0.3 is 0 Å². The number of nitrogens with zero attached hydrogens (tertiary/aromatic N) is 3. The minimum Gasteiger partial charge on any atom is -0.494 e. The van der Waals surface area contributed by atoms with E-state index >= 15 is 0 Å². The number of hydrogen-bond acceptors (Lipinski definition) is 6. The van der Waals surface area contributed by atoms with Crippen LogP contribution in [0.15, 0.2) is 49.3 Å². The molecule has 2 heterocycles. The molecule has 4 rings (SSSR count). The van der Waals surface area contributed by atoms with Crippen molar-refractivity contribution >= 4 is 28.3 Å². The predicted molar refractivity (Wildman–Crippen MR) is 108 cm³/mol. The first-order valence-electron chi connectivity index (χ1n) is 9.03. The van der Waals surface area contributed by atoms with Crippen molar-refractivity contribution in [3.05, 3.63) is 60.7 Å². The van der Waals surface area contributed by atoms with Crippen LogP contribution in [0.2, 0.25) is 0 Å². The zero-order valence-electron chi connectivity index (χ0n) is 15.8. The van der Waals surface area contributed by atoms with Crippen molar-refractivity contribution in [1.82, 2.24) is 9.97 Å². The number of carbonyl (C=O) groups is 1. The van der Waals surface area contributed by atoms with E-state index in [9.17, 15) is 9.18 Å². The van der Waals surface area contributed by atoms with Crippen LogP contribution >= 0.6 is 0 Å². The molecule has 1 amide bonds. The molecule has 0 atom stereocenters. The average Bonchev–Trinajstić information content (AvgIpc) is 2.77. The molecule has 1 aliphatic heterocycles. The summed E-state index contributed by atoms with van der Waals surface area (Å²) < 4.78 is 25.4. The minimum atomic E-state index is -0.429. The molecule has 0 saturated carbocycles. The molecular weight excluding hydrogens is 375 g/mol. The molecule has 3 aromatic rings. The summed E-state index contributed by atoms with van der Waals surface area (Å²) in [5, 5.41) is 3.79. The van der Waals surface area contributed by atoms with E-state index in [0.717, 1.165) is 0 Å². The van der Waals surface area contributed by atoms with Crippen LogP contribution in [-0.4, -0.2) is 36.1 Å². The number of rotatable bonds is 5. The van der Waals surface area contributed by atoms with E-state index in [1.807, 2.05) is 0 Å². The van der Waals surface area contributed by atoms with Crippen molar-refractivity contribution in [3.63, 3.8) is 0 Å². The van der Waals surface area contributed by atoms with Gasteiger partial charge in [-0.25, -0.2) is 14.4 Å². The Morgan fingerprint density at radius 3 is 3.03 bits per heavy atom. The Labute approximate surface area is 166 Å². The average molecular weight is 394 g/mol. The first-order chi connectivity index (χ1) is 14.1. The fraction of sp³-hybridized carbons (Fsp3) is 0.190. The summed E-state index contributed by atoms with van der Waals surface area (Å²) >= 11 is 0. The third-order valence-corrected chi connectivity index (χ3v) is 4.74. The lowest BCUT2D eigenvalue weighted by Crippen LogP contribution is -2.36. The number of hydrogen-bond donors (Lipinski definition) is 1. The van der Waals surface area contributed by atoms with Crippen molar-refractivity contribution in [2.24, 2.45) is 0 Å². The van der Waals surface area contributed by atoms with Gasteiger partial charge in [0.2, 0.25) is 0 Å². The lowest BCUT2D eigenvalue weighted by atomic mass is 10.1. The van der Waals surface area contributed by atoms with Crippen LogP contribution in [0.25, 0.3) is 10.9 Å². The smallest absolute Gasteiger partial charge is 0.250 e. The molecule has 0 bridgehead atoms. The van der Waals surface area contributed by atoms with Gasteiger partial charge in [-0.05, 0) is 24.3 Å². The number of fused-ring (bicyclic) bond motifs is 3. The second-order valence-electron chi connectivity index (χ2n) is 6.36. The SMILES string of the molecule is C=CC(=O)N1CCOc2c1ccc1ncnc(NCc3cccc(OC)c3F)c21. The summed E-state index contributed by atoms with van der Waals surface area (Å²) in [5.74, 6) is 0.539. The van der Waals surface area contributed by atoms with E-state index in [4.69, 9.17) is 9.47 Å². The second-order valence-corrected chi connectivity index (χ2v) is 6.36. The van der Waals surface area contributed by atoms with Crippen molar-refractivity contribution < 1.29 is 18.7 Å². The molecule has 1 aliphatic rings. The topological polar surface area (TPSA) is 76.6 Å². The van der Waals surface area contributed by atoms with E-state index in [0.29, 0.717) is 46.9 Å². The zero-order valence-corrected chi connectivity index (χ0v) is 15.8. The normalized spacial score (nSPS) is 12.8. The first-order valence-corrected chi connectivity index (χ1v) is 9.03. The highest BCUT2D eigenvalue weighted by molar-refractivity contribution is 6.07. The lowest BCUT2D eigenvalue weighted by molar-refractivity contribution is -0.114. The van der Waals surface area contributed by atoms with Gasteiger partial charge in [-0.15, -0.1) is 0 Å². The predicted octanol–water partition coefficient (Wildman–Crippen LogP) is 3.30. The van der Waals surface area contributed by atoms with Crippen molar-refractivity contribution in [2.75, 3.05) is 30.5 Å². The Morgan fingerprint density at radius 1 is 1.38 bits per heavy atom. The number of anilines is 2. The molecule has 0 unspecified atom stereocenters. The van der Waals surface area contributed by atoms with E-state index < -0.39 is 5.82 Å². The van der Waals surface area contributed by atoms with Gasteiger partial charge in [0.25, 0.3) is 5.91 Å². The van der Waals surface area contributed by atoms with Crippen LogP contribution in [-0.2, 0) is 11.3 Å². The van der Waals surface area contributed by atoms with Crippen molar-refractivity contribution in [1.29, 1.82) is 0 Å². The molecule has 0 spiro atoms. The van der Waals surface area contributed by atoms with Crippen molar-refractivity contribution in [3.8, 4) is 11.5 Å². The number of aromatic nitrogens is 2. The zero-order chi connectivity index (χ0) is 20.4. The maximum absolute atomic E-state index is 14.5. The number of carbonyl (C=O) groups excluding carboxylic acids is 1. The largest absolute Gasteiger partial charge is 0.494 e. The molecule has 0 saturated heterocycles. The van der Waals surface area contributed by atoms with Crippen LogP contribution in [0, 0.1) is 5.82 Å². The quantitative estimate of drug-likeness (QED) is 0.669. The van der Waals surface area contributed by atoms with Gasteiger partial charge in [0.15, 0.2) is 17.3 Å². The third kappa shape index (κ3) is 3.33. The molecule has 2 aromatic carbocycles. The van der Waals surface area contributed by atoms with Crippen LogP contribution in [0.3, 0.4) is 0 Å². The summed E-state index contributed by atoms with van der Waals surface area (Å²) in [6, 6.07) is 8.54. The summed E-state index contributed by atoms with van der Waals surface area (Å²) in [6.45, 7) is 4.51. The minimum absolute atomic E-state index is 0.177. The maximum atomic E-state index is 14.5. The molecule has 0 radical (unpaired) electrons. The first kappa shape index (κ1) is 18.7. The molecule has 1 N–H and O–H groups in total. The Morgan fingerprint density at radius 2 is 2.24 bits per heavy atom. The second kappa shape index (κ2) is 7.75. The van der Waals surface area contributed by atoms with Crippen LogP contribution in [0.1, 0.15) is 5.56 Å². The van der Waals surface area contributed by atoms with Gasteiger partial charge in [-0.3, -0.25) is 4.79 Å². The van der Waals surface area contributed by atoms with Crippen molar-refractivity contribution in [2.45, 2.75) is 6.54 Å². The Balaban J connectivity index is 1.74. The third-order valence-electron chi connectivity index (χ3n) is 4.74. The summed E-state index contributed by atoms with van der Waals surface area (Å²) in [4.78, 5) is 22.4. The standard InChI is InChI=1S/C21H19FN4O3/c1-3-17(27)26-9-10-29-20-15(26)8-7-14-18(20)21(25-12-24-14)23-11-13-5-4-6-16(28-2)19(13)22/h3-8,12H,1,9-11H2,2H3,(H,23,24,25). The Bertz CT molecular complexity index is 1100. The van der Waals surface area contributed by atoms with Gasteiger partial charge in [0.05, 0.1) is 30.2 Å². The highest BCUT2D eigenvalue weighted by Gasteiger charge is 2.25. The summed E-state index contributed by atoms with van der Waals surface area (Å²) in [5.41, 5.74) is 1.71. The monoisotopic (exact) mass is 394 g/mol. The van der Waals surface area contributed by atoms with E-state index in [1.165, 1.54) is 19.5 Å². The van der Waals surface area contributed by atoms with Gasteiger partial charge in [-0.2, -0.15) is 0 Å². The fourth-order valence-electron chi connectivity index (χ4n) is 3.33. The number of ether oxygens (including phenoxy) is 2. The molecule has 8 heteroatoms. The summed E-state index contributed by atoms with van der Waals surface area (Å²) in [6.07, 6.45) is 2.69. The van der Waals surface area contributed by atoms with Gasteiger partial charge in [-0.1, -0.05) is 18.7 Å². The highest BCUT2D eigenvalue weighted by Crippen LogP contribution is 2.40. The fourth-order valence-corrected chi connectivity index (χ4v) is 3.33. The van der Waals surface area contributed by atoms with Gasteiger partial charge in [0, 0.05) is 12.1 Å². The molecular formula is C21H19FN4O3. The Kier molecular flexibility index (Phi) is 4.99. The van der Waals surface area contributed by atoms with E-state index in [-0.39, 0.29) is 18.2 Å². The number of nitrogens with one attached hydrogen (secondary N) is 1. The molecule has 1 aromatic heterocycles. The molecule has 0 fully saturated rings. The van der Waals surface area contributed by atoms with Crippen LogP contribution in [0.5, 0.6) is 11.5 Å². The molecule has 148 valence electrons. The molecule has 0 aliphatic carbocycles. The van der Waals surface area contributed by atoms with Gasteiger partial charge < -0.3 is 19.7 Å². The number of halogens is 1. The summed E-state index contributed by atoms with van der Waals surface area (Å²) in [7, 11) is 1.42. The number of amides is 1. The number of methoxy groups -OCH3 is 1. The van der Waals surface area contributed by atoms with E-state index in [1.54, 1.807) is 35.2 Å². The Hall–Kier alpha value is -3.68. The highest BCUT2D eigenvalue weighted by atomic mass is 19.1. The molecule has 29 heavy (non-hydrogen) atoms. The van der Waals surface area contributed by atoms with Gasteiger partial charge in [0.1, 0.15) is 18.8 Å². The van der Waals surface area contributed by atoms with Crippen LogP contribution in [0.4, 0.5) is 15.9 Å². The maximum Gasteiger partial charge on any atom is 0.250 e. The lowest BCUT2D eigenvalue weighted by Gasteiger charge is -2.29. The number of benzene rings is 2.